The van der Waals surface area contributed by atoms with Gasteiger partial charge in [-0.1, -0.05) is 15.9 Å². The highest BCUT2D eigenvalue weighted by Crippen LogP contribution is 2.20. The molecule has 2 rings (SSSR count). The first-order valence-electron chi connectivity index (χ1n) is 5.13. The molecular weight excluding hydrogens is 300 g/mol. The second kappa shape index (κ2) is 4.78. The summed E-state index contributed by atoms with van der Waals surface area (Å²) in [5.41, 5.74) is 1.28. The van der Waals surface area contributed by atoms with Gasteiger partial charge in [-0.25, -0.2) is 4.79 Å². The van der Waals surface area contributed by atoms with Crippen LogP contribution in [-0.4, -0.2) is 16.9 Å². The first-order chi connectivity index (χ1) is 8.49. The van der Waals surface area contributed by atoms with Gasteiger partial charge in [-0.2, -0.15) is 0 Å². The van der Waals surface area contributed by atoms with E-state index < -0.39 is 5.97 Å². The molecule has 0 saturated carbocycles. The first-order valence-corrected chi connectivity index (χ1v) is 5.92. The fourth-order valence-electron chi connectivity index (χ4n) is 1.59. The number of carboxylic acids is 1. The van der Waals surface area contributed by atoms with E-state index in [0.29, 0.717) is 5.56 Å². The number of carbonyl (C=O) groups excluding carboxylic acids is 1. The number of aryl methyl sites for hydroxylation is 1. The predicted molar refractivity (Wildman–Crippen MR) is 68.0 cm³/mol. The van der Waals surface area contributed by atoms with Crippen molar-refractivity contribution in [2.24, 2.45) is 0 Å². The lowest BCUT2D eigenvalue weighted by atomic mass is 10.0. The van der Waals surface area contributed by atoms with Gasteiger partial charge >= 0.3 is 5.97 Å². The van der Waals surface area contributed by atoms with Crippen LogP contribution in [0.15, 0.2) is 39.2 Å². The van der Waals surface area contributed by atoms with E-state index in [1.54, 1.807) is 19.1 Å². The summed E-state index contributed by atoms with van der Waals surface area (Å²) in [5.74, 6) is -1.74. The van der Waals surface area contributed by atoms with Crippen LogP contribution in [0.5, 0.6) is 0 Å². The van der Waals surface area contributed by atoms with Crippen LogP contribution < -0.4 is 0 Å². The van der Waals surface area contributed by atoms with E-state index in [0.717, 1.165) is 10.0 Å². The van der Waals surface area contributed by atoms with Gasteiger partial charge in [0.1, 0.15) is 0 Å². The van der Waals surface area contributed by atoms with E-state index in [1.165, 1.54) is 12.1 Å². The SMILES string of the molecule is Cc1cc(Br)ccc1C(=O)c1ccc(C(=O)O)o1. The van der Waals surface area contributed by atoms with E-state index >= 15 is 0 Å². The van der Waals surface area contributed by atoms with Crippen LogP contribution >= 0.6 is 15.9 Å². The van der Waals surface area contributed by atoms with Gasteiger partial charge in [-0.05, 0) is 42.8 Å². The minimum absolute atomic E-state index is 0.0258. The molecular formula is C13H9BrO4. The quantitative estimate of drug-likeness (QED) is 0.884. The zero-order chi connectivity index (χ0) is 13.3. The van der Waals surface area contributed by atoms with Crippen molar-refractivity contribution in [3.05, 3.63) is 57.5 Å². The van der Waals surface area contributed by atoms with Gasteiger partial charge in [-0.3, -0.25) is 4.79 Å². The molecule has 0 aliphatic heterocycles. The van der Waals surface area contributed by atoms with Crippen molar-refractivity contribution in [1.82, 2.24) is 0 Å². The molecule has 4 nitrogen and oxygen atoms in total. The number of benzene rings is 1. The van der Waals surface area contributed by atoms with Crippen LogP contribution in [0.4, 0.5) is 0 Å². The van der Waals surface area contributed by atoms with E-state index in [9.17, 15) is 9.59 Å². The van der Waals surface area contributed by atoms with Gasteiger partial charge in [0, 0.05) is 10.0 Å². The Morgan fingerprint density at radius 3 is 2.39 bits per heavy atom. The second-order valence-electron chi connectivity index (χ2n) is 3.76. The van der Waals surface area contributed by atoms with E-state index in [-0.39, 0.29) is 17.3 Å². The second-order valence-corrected chi connectivity index (χ2v) is 4.67. The lowest BCUT2D eigenvalue weighted by Crippen LogP contribution is -2.02. The third-order valence-electron chi connectivity index (χ3n) is 2.47. The molecule has 0 fully saturated rings. The zero-order valence-electron chi connectivity index (χ0n) is 9.44. The number of ketones is 1. The largest absolute Gasteiger partial charge is 0.475 e. The highest BCUT2D eigenvalue weighted by atomic mass is 79.9. The average molecular weight is 309 g/mol. The number of hydrogen-bond acceptors (Lipinski definition) is 3. The topological polar surface area (TPSA) is 67.5 Å². The summed E-state index contributed by atoms with van der Waals surface area (Å²) in [7, 11) is 0. The first kappa shape index (κ1) is 12.6. The Morgan fingerprint density at radius 1 is 1.17 bits per heavy atom. The number of carboxylic acid groups (broad SMARTS) is 1. The maximum atomic E-state index is 12.1. The highest BCUT2D eigenvalue weighted by Gasteiger charge is 2.18. The third kappa shape index (κ3) is 2.36. The molecule has 1 heterocycles. The van der Waals surface area contributed by atoms with E-state index in [1.807, 2.05) is 6.07 Å². The van der Waals surface area contributed by atoms with Crippen LogP contribution in [0.2, 0.25) is 0 Å². The molecule has 1 aromatic heterocycles. The zero-order valence-corrected chi connectivity index (χ0v) is 11.0. The molecule has 5 heteroatoms. The van der Waals surface area contributed by atoms with Crippen molar-refractivity contribution in [2.45, 2.75) is 6.92 Å². The predicted octanol–water partition coefficient (Wildman–Crippen LogP) is 3.28. The van der Waals surface area contributed by atoms with Crippen molar-refractivity contribution >= 4 is 27.7 Å². The minimum Gasteiger partial charge on any atom is -0.475 e. The number of furan rings is 1. The molecule has 0 amide bonds. The van der Waals surface area contributed by atoms with Crippen molar-refractivity contribution in [1.29, 1.82) is 0 Å². The van der Waals surface area contributed by atoms with Crippen LogP contribution in [0.25, 0.3) is 0 Å². The maximum Gasteiger partial charge on any atom is 0.371 e. The molecule has 1 aromatic carbocycles. The number of hydrogen-bond donors (Lipinski definition) is 1. The number of aromatic carboxylic acids is 1. The summed E-state index contributed by atoms with van der Waals surface area (Å²) >= 11 is 3.31. The summed E-state index contributed by atoms with van der Waals surface area (Å²) in [6.45, 7) is 1.80. The molecule has 0 aliphatic carbocycles. The molecule has 1 N–H and O–H groups in total. The molecule has 92 valence electrons. The molecule has 18 heavy (non-hydrogen) atoms. The lowest BCUT2D eigenvalue weighted by Gasteiger charge is -2.03. The maximum absolute atomic E-state index is 12.1. The van der Waals surface area contributed by atoms with E-state index in [2.05, 4.69) is 15.9 Å². The smallest absolute Gasteiger partial charge is 0.371 e. The summed E-state index contributed by atoms with van der Waals surface area (Å²) < 4.78 is 5.86. The van der Waals surface area contributed by atoms with Crippen LogP contribution in [0.3, 0.4) is 0 Å². The minimum atomic E-state index is -1.19. The summed E-state index contributed by atoms with van der Waals surface area (Å²) in [5, 5.41) is 8.73. The molecule has 0 aliphatic rings. The van der Waals surface area contributed by atoms with Crippen molar-refractivity contribution in [2.75, 3.05) is 0 Å². The van der Waals surface area contributed by atoms with Gasteiger partial charge in [0.05, 0.1) is 0 Å². The Bertz CT molecular complexity index is 628. The summed E-state index contributed by atoms with van der Waals surface area (Å²) in [6.07, 6.45) is 0. The molecule has 0 bridgehead atoms. The van der Waals surface area contributed by atoms with Gasteiger partial charge in [0.2, 0.25) is 11.5 Å². The number of carbonyl (C=O) groups is 2. The van der Waals surface area contributed by atoms with Gasteiger partial charge < -0.3 is 9.52 Å². The monoisotopic (exact) mass is 308 g/mol. The lowest BCUT2D eigenvalue weighted by molar-refractivity contribution is 0.0660. The van der Waals surface area contributed by atoms with Gasteiger partial charge in [0.25, 0.3) is 0 Å². The van der Waals surface area contributed by atoms with Gasteiger partial charge in [0.15, 0.2) is 5.76 Å². The van der Waals surface area contributed by atoms with E-state index in [4.69, 9.17) is 9.52 Å². The summed E-state index contributed by atoms with van der Waals surface area (Å²) in [6, 6.07) is 7.87. The molecule has 0 spiro atoms. The van der Waals surface area contributed by atoms with Crippen LogP contribution in [0, 0.1) is 6.92 Å². The third-order valence-corrected chi connectivity index (χ3v) is 2.97. The number of halogens is 1. The van der Waals surface area contributed by atoms with Crippen molar-refractivity contribution < 1.29 is 19.1 Å². The van der Waals surface area contributed by atoms with Crippen LogP contribution in [0.1, 0.15) is 32.2 Å². The highest BCUT2D eigenvalue weighted by molar-refractivity contribution is 9.10. The average Bonchev–Trinajstić information content (AvgIpc) is 2.77. The Balaban J connectivity index is 2.38. The molecule has 2 aromatic rings. The summed E-state index contributed by atoms with van der Waals surface area (Å²) in [4.78, 5) is 22.8. The molecule has 0 radical (unpaired) electrons. The van der Waals surface area contributed by atoms with Gasteiger partial charge in [-0.15, -0.1) is 0 Å². The molecule has 0 saturated heterocycles. The fourth-order valence-corrected chi connectivity index (χ4v) is 2.06. The fraction of sp³-hybridized carbons (Fsp3) is 0.0769. The Hall–Kier alpha value is -1.88. The molecule has 0 unspecified atom stereocenters. The van der Waals surface area contributed by atoms with Crippen molar-refractivity contribution in [3.8, 4) is 0 Å². The standard InChI is InChI=1S/C13H9BrO4/c1-7-6-8(14)2-3-9(7)12(15)10-4-5-11(18-10)13(16)17/h2-6H,1H3,(H,16,17). The normalized spacial score (nSPS) is 10.3. The number of rotatable bonds is 3. The Labute approximate surface area is 111 Å². The molecule has 0 atom stereocenters. The Morgan fingerprint density at radius 2 is 1.83 bits per heavy atom. The Kier molecular flexibility index (Phi) is 3.34. The van der Waals surface area contributed by atoms with Crippen LogP contribution in [-0.2, 0) is 0 Å². The van der Waals surface area contributed by atoms with Crippen molar-refractivity contribution in [3.63, 3.8) is 0 Å².